The lowest BCUT2D eigenvalue weighted by atomic mass is 10.0. The normalized spacial score (nSPS) is 26.6. The van der Waals surface area contributed by atoms with Crippen LogP contribution >= 0.6 is 0 Å². The van der Waals surface area contributed by atoms with Gasteiger partial charge in [-0.1, -0.05) is 0 Å². The van der Waals surface area contributed by atoms with Crippen LogP contribution in [0.5, 0.6) is 0 Å². The predicted molar refractivity (Wildman–Crippen MR) is 90.8 cm³/mol. The van der Waals surface area contributed by atoms with Crippen LogP contribution in [0.2, 0.25) is 0 Å². The molecule has 138 valence electrons. The van der Waals surface area contributed by atoms with Crippen molar-refractivity contribution in [1.82, 2.24) is 19.7 Å². The molecule has 8 nitrogen and oxygen atoms in total. The molecule has 1 saturated carbocycles. The summed E-state index contributed by atoms with van der Waals surface area (Å²) in [4.78, 5) is 24.2. The summed E-state index contributed by atoms with van der Waals surface area (Å²) in [5.74, 6) is 1.25. The molecule has 25 heavy (non-hydrogen) atoms. The van der Waals surface area contributed by atoms with Crippen molar-refractivity contribution >= 4 is 5.91 Å². The van der Waals surface area contributed by atoms with E-state index in [4.69, 9.17) is 4.74 Å². The molecule has 0 bridgehead atoms. The Morgan fingerprint density at radius 2 is 2.16 bits per heavy atom. The van der Waals surface area contributed by atoms with Crippen molar-refractivity contribution in [3.63, 3.8) is 0 Å². The largest absolute Gasteiger partial charge is 0.498 e. The van der Waals surface area contributed by atoms with Crippen molar-refractivity contribution in [3.05, 3.63) is 27.6 Å². The van der Waals surface area contributed by atoms with E-state index in [-0.39, 0.29) is 23.4 Å². The van der Waals surface area contributed by atoms with Gasteiger partial charge in [-0.2, -0.15) is 5.10 Å². The molecule has 3 rings (SSSR count). The lowest BCUT2D eigenvalue weighted by Crippen LogP contribution is -2.34. The maximum Gasteiger partial charge on any atom is 0.345 e. The zero-order chi connectivity index (χ0) is 18.1. The van der Waals surface area contributed by atoms with Gasteiger partial charge in [0.2, 0.25) is 0 Å². The molecule has 1 aromatic rings. The number of nitrogens with zero attached hydrogens (tertiary/aromatic N) is 3. The highest BCUT2D eigenvalue weighted by atomic mass is 16.5. The van der Waals surface area contributed by atoms with Crippen LogP contribution in [0.4, 0.5) is 0 Å². The highest BCUT2D eigenvalue weighted by Gasteiger charge is 2.36. The highest BCUT2D eigenvalue weighted by molar-refractivity contribution is 5.93. The minimum absolute atomic E-state index is 0.0229. The average Bonchev–Trinajstić information content (AvgIpc) is 3.08. The van der Waals surface area contributed by atoms with E-state index in [1.807, 2.05) is 6.92 Å². The van der Waals surface area contributed by atoms with Gasteiger partial charge < -0.3 is 15.2 Å². The number of carbonyl (C=O) groups excluding carboxylic acids is 1. The molecule has 1 aliphatic heterocycles. The second-order valence-corrected chi connectivity index (χ2v) is 7.02. The van der Waals surface area contributed by atoms with Gasteiger partial charge in [0, 0.05) is 32.5 Å². The Balaban J connectivity index is 1.61. The van der Waals surface area contributed by atoms with Crippen LogP contribution < -0.4 is 11.0 Å². The maximum absolute atomic E-state index is 12.3. The minimum atomic E-state index is -0.514. The quantitative estimate of drug-likeness (QED) is 0.807. The number of aromatic nitrogens is 3. The average molecular weight is 350 g/mol. The number of rotatable bonds is 4. The SMILES string of the molecule is CC1=C(C(=O)NC[C@H]2C[C@H](c3nn(C)c(=O)n3C)C[C@H]2O)CCCO1. The Labute approximate surface area is 146 Å². The van der Waals surface area contributed by atoms with Gasteiger partial charge in [0.15, 0.2) is 0 Å². The van der Waals surface area contributed by atoms with Crippen molar-refractivity contribution in [2.45, 2.75) is 44.6 Å². The van der Waals surface area contributed by atoms with Crippen LogP contribution in [0.3, 0.4) is 0 Å². The highest BCUT2D eigenvalue weighted by Crippen LogP contribution is 2.37. The van der Waals surface area contributed by atoms with E-state index in [1.165, 1.54) is 9.25 Å². The number of carbonyl (C=O) groups is 1. The maximum atomic E-state index is 12.3. The second kappa shape index (κ2) is 7.03. The zero-order valence-corrected chi connectivity index (χ0v) is 15.0. The van der Waals surface area contributed by atoms with Crippen LogP contribution in [0, 0.1) is 5.92 Å². The van der Waals surface area contributed by atoms with Crippen molar-refractivity contribution < 1.29 is 14.6 Å². The van der Waals surface area contributed by atoms with Gasteiger partial charge in [-0.25, -0.2) is 9.48 Å². The summed E-state index contributed by atoms with van der Waals surface area (Å²) in [5, 5.41) is 17.6. The van der Waals surface area contributed by atoms with Crippen molar-refractivity contribution in [3.8, 4) is 0 Å². The first-order valence-corrected chi connectivity index (χ1v) is 8.77. The molecular formula is C17H26N4O4. The Morgan fingerprint density at radius 3 is 2.80 bits per heavy atom. The fraction of sp³-hybridized carbons (Fsp3) is 0.706. The number of nitrogens with one attached hydrogen (secondary N) is 1. The third kappa shape index (κ3) is 3.49. The lowest BCUT2D eigenvalue weighted by molar-refractivity contribution is -0.118. The second-order valence-electron chi connectivity index (χ2n) is 7.02. The number of amides is 1. The number of hydrogen-bond acceptors (Lipinski definition) is 5. The van der Waals surface area contributed by atoms with Crippen molar-refractivity contribution in [2.24, 2.45) is 20.0 Å². The molecule has 2 heterocycles. The number of hydrogen-bond donors (Lipinski definition) is 2. The number of aryl methyl sites for hydroxylation is 1. The predicted octanol–water partition coefficient (Wildman–Crippen LogP) is 0.174. The van der Waals surface area contributed by atoms with Crippen molar-refractivity contribution in [2.75, 3.05) is 13.2 Å². The van der Waals surface area contributed by atoms with E-state index in [0.29, 0.717) is 43.1 Å². The van der Waals surface area contributed by atoms with Gasteiger partial charge in [-0.3, -0.25) is 9.36 Å². The Kier molecular flexibility index (Phi) is 4.99. The fourth-order valence-electron chi connectivity index (χ4n) is 3.81. The zero-order valence-electron chi connectivity index (χ0n) is 15.0. The molecule has 3 atom stereocenters. The smallest absolute Gasteiger partial charge is 0.345 e. The van der Waals surface area contributed by atoms with Gasteiger partial charge >= 0.3 is 5.69 Å². The molecule has 1 aliphatic carbocycles. The molecule has 1 amide bonds. The summed E-state index contributed by atoms with van der Waals surface area (Å²) in [6, 6.07) is 0. The minimum Gasteiger partial charge on any atom is -0.498 e. The summed E-state index contributed by atoms with van der Waals surface area (Å²) >= 11 is 0. The summed E-state index contributed by atoms with van der Waals surface area (Å²) in [7, 11) is 3.32. The molecule has 0 radical (unpaired) electrons. The van der Waals surface area contributed by atoms with Gasteiger partial charge in [-0.15, -0.1) is 0 Å². The first-order chi connectivity index (χ1) is 11.9. The number of allylic oxidation sites excluding steroid dienone is 1. The van der Waals surface area contributed by atoms with Crippen LogP contribution in [0.25, 0.3) is 0 Å². The van der Waals surface area contributed by atoms with Gasteiger partial charge in [-0.05, 0) is 32.6 Å². The first-order valence-electron chi connectivity index (χ1n) is 8.77. The van der Waals surface area contributed by atoms with E-state index < -0.39 is 6.10 Å². The molecule has 8 heteroatoms. The van der Waals surface area contributed by atoms with Gasteiger partial charge in [0.05, 0.1) is 18.3 Å². The molecule has 0 aromatic carbocycles. The molecule has 2 N–H and O–H groups in total. The third-order valence-electron chi connectivity index (χ3n) is 5.30. The molecule has 1 fully saturated rings. The Hall–Kier alpha value is -2.09. The molecule has 0 saturated heterocycles. The summed E-state index contributed by atoms with van der Waals surface area (Å²) in [6.07, 6.45) is 2.31. The lowest BCUT2D eigenvalue weighted by Gasteiger charge is -2.20. The first kappa shape index (κ1) is 17.7. The van der Waals surface area contributed by atoms with E-state index in [2.05, 4.69) is 10.4 Å². The molecular weight excluding hydrogens is 324 g/mol. The molecule has 1 aromatic heterocycles. The monoisotopic (exact) mass is 350 g/mol. The number of ether oxygens (including phenoxy) is 1. The van der Waals surface area contributed by atoms with E-state index in [9.17, 15) is 14.7 Å². The van der Waals surface area contributed by atoms with E-state index in [1.54, 1.807) is 14.1 Å². The summed E-state index contributed by atoms with van der Waals surface area (Å²) in [6.45, 7) is 2.89. The standard InChI is InChI=1S/C17H26N4O4/c1-10-13(5-4-6-25-10)16(23)18-9-12-7-11(8-14(12)22)15-19-21(3)17(24)20(15)2/h11-12,14,22H,4-9H2,1-3H3,(H,18,23)/t11-,12+,14+/m0/s1. The molecule has 0 unspecified atom stereocenters. The fourth-order valence-corrected chi connectivity index (χ4v) is 3.81. The third-order valence-corrected chi connectivity index (χ3v) is 5.30. The summed E-state index contributed by atoms with van der Waals surface area (Å²) in [5.41, 5.74) is 0.531. The topological polar surface area (TPSA) is 98.4 Å². The number of aliphatic hydroxyl groups excluding tert-OH is 1. The summed E-state index contributed by atoms with van der Waals surface area (Å²) < 4.78 is 8.28. The van der Waals surface area contributed by atoms with Crippen molar-refractivity contribution in [1.29, 1.82) is 0 Å². The van der Waals surface area contributed by atoms with Crippen LogP contribution in [0.15, 0.2) is 16.1 Å². The van der Waals surface area contributed by atoms with Crippen LogP contribution in [-0.4, -0.2) is 44.6 Å². The molecule has 2 aliphatic rings. The van der Waals surface area contributed by atoms with Gasteiger partial charge in [0.25, 0.3) is 5.91 Å². The van der Waals surface area contributed by atoms with Crippen LogP contribution in [0.1, 0.15) is 44.3 Å². The Morgan fingerprint density at radius 1 is 1.40 bits per heavy atom. The van der Waals surface area contributed by atoms with Gasteiger partial charge in [0.1, 0.15) is 11.6 Å². The van der Waals surface area contributed by atoms with Crippen LogP contribution in [-0.2, 0) is 23.6 Å². The molecule has 0 spiro atoms. The Bertz CT molecular complexity index is 748. The van der Waals surface area contributed by atoms with E-state index in [0.717, 1.165) is 12.8 Å². The van der Waals surface area contributed by atoms with E-state index >= 15 is 0 Å². The number of aliphatic hydroxyl groups is 1.